The van der Waals surface area contributed by atoms with Crippen molar-refractivity contribution in [2.45, 2.75) is 0 Å². The fourth-order valence-corrected chi connectivity index (χ4v) is 8.53. The molecule has 10 rings (SSSR count). The first-order valence-corrected chi connectivity index (χ1v) is 16.5. The largest absolute Gasteiger partial charge is 0.309 e. The quantitative estimate of drug-likeness (QED) is 0.176. The average Bonchev–Trinajstić information content (AvgIpc) is 3.77. The monoisotopic (exact) mass is 615 g/mol. The van der Waals surface area contributed by atoms with Gasteiger partial charge in [0, 0.05) is 42.3 Å². The molecule has 47 heavy (non-hydrogen) atoms. The maximum Gasteiger partial charge on any atom is 0.187 e. The van der Waals surface area contributed by atoms with Crippen LogP contribution in [0.4, 0.5) is 5.69 Å². The molecule has 4 heteroatoms. The number of para-hydroxylation sites is 3. The molecule has 0 aliphatic rings. The van der Waals surface area contributed by atoms with Gasteiger partial charge in [0.15, 0.2) is 5.69 Å². The van der Waals surface area contributed by atoms with E-state index in [-0.39, 0.29) is 0 Å². The third kappa shape index (κ3) is 3.85. The Morgan fingerprint density at radius 3 is 1.53 bits per heavy atom. The summed E-state index contributed by atoms with van der Waals surface area (Å²) in [4.78, 5) is 3.69. The molecule has 218 valence electrons. The van der Waals surface area contributed by atoms with Crippen LogP contribution in [0.5, 0.6) is 0 Å². The summed E-state index contributed by atoms with van der Waals surface area (Å²) < 4.78 is 7.22. The molecule has 0 fully saturated rings. The number of benzene rings is 7. The van der Waals surface area contributed by atoms with E-state index in [1.165, 1.54) is 69.5 Å². The summed E-state index contributed by atoms with van der Waals surface area (Å²) in [5.41, 5.74) is 10.1. The van der Waals surface area contributed by atoms with Crippen molar-refractivity contribution in [2.24, 2.45) is 0 Å². The lowest BCUT2D eigenvalue weighted by molar-refractivity contribution is 1.17. The lowest BCUT2D eigenvalue weighted by Gasteiger charge is -2.12. The summed E-state index contributed by atoms with van der Waals surface area (Å²) in [5, 5.41) is 7.34. The predicted octanol–water partition coefficient (Wildman–Crippen LogP) is 12.5. The molecule has 0 aliphatic heterocycles. The van der Waals surface area contributed by atoms with Gasteiger partial charge in [0.05, 0.1) is 28.6 Å². The van der Waals surface area contributed by atoms with Crippen LogP contribution in [0.3, 0.4) is 0 Å². The maximum atomic E-state index is 7.53. The minimum atomic E-state index is 0.679. The normalized spacial score (nSPS) is 11.8. The van der Waals surface area contributed by atoms with Crippen molar-refractivity contribution in [1.82, 2.24) is 9.13 Å². The molecule has 7 aromatic carbocycles. The van der Waals surface area contributed by atoms with Crippen LogP contribution in [0.25, 0.3) is 91.1 Å². The Balaban J connectivity index is 1.16. The number of thiophene rings is 1. The highest BCUT2D eigenvalue weighted by Gasteiger charge is 2.17. The van der Waals surface area contributed by atoms with E-state index >= 15 is 0 Å². The fourth-order valence-electron chi connectivity index (χ4n) is 7.42. The second-order valence-electron chi connectivity index (χ2n) is 12.1. The maximum absolute atomic E-state index is 7.53. The van der Waals surface area contributed by atoms with Gasteiger partial charge in [-0.3, -0.25) is 0 Å². The highest BCUT2D eigenvalue weighted by atomic mass is 32.1. The Labute approximate surface area is 274 Å². The molecule has 3 heterocycles. The van der Waals surface area contributed by atoms with Crippen LogP contribution in [0.2, 0.25) is 0 Å². The van der Waals surface area contributed by atoms with Crippen LogP contribution in [-0.2, 0) is 0 Å². The zero-order valence-electron chi connectivity index (χ0n) is 25.2. The molecular formula is C43H25N3S. The average molecular weight is 616 g/mol. The SMILES string of the molecule is [C-]#[N+]c1ccc2sc3cc4c(cc3c2c1)c1ccccc1n4-c1cccc(-c2cccc(-n3c4ccccc4c4ccccc43)c2)c1. The van der Waals surface area contributed by atoms with Gasteiger partial charge >= 0.3 is 0 Å². The van der Waals surface area contributed by atoms with E-state index in [1.807, 2.05) is 12.1 Å². The topological polar surface area (TPSA) is 14.2 Å². The molecule has 3 aromatic heterocycles. The van der Waals surface area contributed by atoms with E-state index in [0.717, 1.165) is 16.8 Å². The standard InChI is InChI=1S/C43H25N3S/c1-44-29-20-21-42-36(24-29)37-25-35-34-16-4-7-19-40(34)46(41(35)26-43(37)47-42)31-13-9-11-28(23-31)27-10-8-12-30(22-27)45-38-17-5-2-14-32(38)33-15-3-6-18-39(33)45/h2-26H. The van der Waals surface area contributed by atoms with Gasteiger partial charge in [0.25, 0.3) is 0 Å². The van der Waals surface area contributed by atoms with Crippen molar-refractivity contribution in [2.75, 3.05) is 0 Å². The molecular weight excluding hydrogens is 591 g/mol. The highest BCUT2D eigenvalue weighted by Crippen LogP contribution is 2.42. The van der Waals surface area contributed by atoms with Crippen LogP contribution < -0.4 is 0 Å². The summed E-state index contributed by atoms with van der Waals surface area (Å²) in [6.07, 6.45) is 0. The summed E-state index contributed by atoms with van der Waals surface area (Å²) in [7, 11) is 0. The number of hydrogen-bond acceptors (Lipinski definition) is 1. The number of hydrogen-bond donors (Lipinski definition) is 0. The number of rotatable bonds is 3. The number of aromatic nitrogens is 2. The van der Waals surface area contributed by atoms with Crippen molar-refractivity contribution in [3.8, 4) is 22.5 Å². The molecule has 0 saturated carbocycles. The highest BCUT2D eigenvalue weighted by molar-refractivity contribution is 7.25. The van der Waals surface area contributed by atoms with E-state index in [2.05, 4.69) is 154 Å². The molecule has 10 aromatic rings. The van der Waals surface area contributed by atoms with Crippen molar-refractivity contribution >= 4 is 80.8 Å². The smallest absolute Gasteiger partial charge is 0.187 e. The molecule has 0 unspecified atom stereocenters. The van der Waals surface area contributed by atoms with Crippen molar-refractivity contribution in [3.63, 3.8) is 0 Å². The minimum absolute atomic E-state index is 0.679. The Bertz CT molecular complexity index is 2880. The lowest BCUT2D eigenvalue weighted by Crippen LogP contribution is -1.96. The van der Waals surface area contributed by atoms with Gasteiger partial charge in [-0.1, -0.05) is 91.0 Å². The Kier molecular flexibility index (Phi) is 5.51. The van der Waals surface area contributed by atoms with Gasteiger partial charge in [-0.2, -0.15) is 0 Å². The van der Waals surface area contributed by atoms with Crippen molar-refractivity contribution in [3.05, 3.63) is 163 Å². The second kappa shape index (κ2) is 9.92. The molecule has 0 aliphatic carbocycles. The van der Waals surface area contributed by atoms with E-state index in [9.17, 15) is 0 Å². The second-order valence-corrected chi connectivity index (χ2v) is 13.2. The van der Waals surface area contributed by atoms with E-state index in [4.69, 9.17) is 6.57 Å². The molecule has 0 saturated heterocycles. The van der Waals surface area contributed by atoms with Crippen LogP contribution in [0, 0.1) is 6.57 Å². The first kappa shape index (κ1) is 26.1. The Morgan fingerprint density at radius 1 is 0.404 bits per heavy atom. The van der Waals surface area contributed by atoms with Gasteiger partial charge in [-0.25, -0.2) is 4.85 Å². The summed E-state index contributed by atoms with van der Waals surface area (Å²) in [6.45, 7) is 7.53. The van der Waals surface area contributed by atoms with Crippen molar-refractivity contribution < 1.29 is 0 Å². The molecule has 0 spiro atoms. The predicted molar refractivity (Wildman–Crippen MR) is 200 cm³/mol. The third-order valence-electron chi connectivity index (χ3n) is 9.50. The fraction of sp³-hybridized carbons (Fsp3) is 0. The third-order valence-corrected chi connectivity index (χ3v) is 10.6. The lowest BCUT2D eigenvalue weighted by atomic mass is 10.0. The molecule has 0 radical (unpaired) electrons. The Morgan fingerprint density at radius 2 is 0.936 bits per heavy atom. The van der Waals surface area contributed by atoms with Crippen LogP contribution in [0.1, 0.15) is 0 Å². The van der Waals surface area contributed by atoms with Gasteiger partial charge in [0.2, 0.25) is 0 Å². The zero-order valence-corrected chi connectivity index (χ0v) is 26.0. The van der Waals surface area contributed by atoms with Crippen LogP contribution in [-0.4, -0.2) is 9.13 Å². The Hall–Kier alpha value is -6.15. The van der Waals surface area contributed by atoms with Gasteiger partial charge in [-0.15, -0.1) is 11.3 Å². The van der Waals surface area contributed by atoms with Gasteiger partial charge in [0.1, 0.15) is 0 Å². The van der Waals surface area contributed by atoms with Crippen LogP contribution >= 0.6 is 11.3 Å². The molecule has 0 bridgehead atoms. The first-order chi connectivity index (χ1) is 23.2. The molecule has 0 N–H and O–H groups in total. The molecule has 0 amide bonds. The van der Waals surface area contributed by atoms with E-state index < -0.39 is 0 Å². The summed E-state index contributed by atoms with van der Waals surface area (Å²) >= 11 is 1.79. The zero-order chi connectivity index (χ0) is 31.1. The summed E-state index contributed by atoms with van der Waals surface area (Å²) in [6, 6.07) is 54.5. The van der Waals surface area contributed by atoms with Crippen LogP contribution in [0.15, 0.2) is 152 Å². The molecule has 0 atom stereocenters. The van der Waals surface area contributed by atoms with E-state index in [0.29, 0.717) is 5.69 Å². The number of nitrogens with zero attached hydrogens (tertiary/aromatic N) is 3. The minimum Gasteiger partial charge on any atom is -0.309 e. The van der Waals surface area contributed by atoms with Crippen molar-refractivity contribution in [1.29, 1.82) is 0 Å². The number of fused-ring (bicyclic) bond motifs is 9. The van der Waals surface area contributed by atoms with E-state index in [1.54, 1.807) is 11.3 Å². The summed E-state index contributed by atoms with van der Waals surface area (Å²) in [5.74, 6) is 0. The first-order valence-electron chi connectivity index (χ1n) is 15.7. The van der Waals surface area contributed by atoms with Gasteiger partial charge < -0.3 is 9.13 Å². The molecule has 3 nitrogen and oxygen atoms in total. The van der Waals surface area contributed by atoms with Gasteiger partial charge in [-0.05, 0) is 82.6 Å².